The lowest BCUT2D eigenvalue weighted by Crippen LogP contribution is -2.30. The van der Waals surface area contributed by atoms with Gasteiger partial charge in [-0.3, -0.25) is 0 Å². The lowest BCUT2D eigenvalue weighted by atomic mass is 9.91. The van der Waals surface area contributed by atoms with Crippen molar-refractivity contribution in [2.45, 2.75) is 52.9 Å². The second-order valence-corrected chi connectivity index (χ2v) is 8.62. The molecule has 1 aliphatic rings. The molecule has 0 saturated heterocycles. The number of benzene rings is 1. The van der Waals surface area contributed by atoms with Crippen LogP contribution in [0.2, 0.25) is 0 Å². The van der Waals surface area contributed by atoms with Crippen molar-refractivity contribution < 1.29 is 9.47 Å². The molecule has 0 radical (unpaired) electrons. The molecule has 1 unspecified atom stereocenters. The molecule has 0 N–H and O–H groups in total. The van der Waals surface area contributed by atoms with Crippen molar-refractivity contribution in [3.05, 3.63) is 53.4 Å². The van der Waals surface area contributed by atoms with Crippen LogP contribution in [0.5, 0.6) is 5.75 Å². The molecule has 0 amide bonds. The number of likely N-dealkylation sites (N-methyl/N-ethyl adjacent to an activating group) is 1. The summed E-state index contributed by atoms with van der Waals surface area (Å²) in [6.45, 7) is 11.4. The summed E-state index contributed by atoms with van der Waals surface area (Å²) in [7, 11) is 4.16. The molecular formula is C26H42N2O2. The van der Waals surface area contributed by atoms with Gasteiger partial charge in [0, 0.05) is 25.6 Å². The van der Waals surface area contributed by atoms with Gasteiger partial charge in [0.2, 0.25) is 0 Å². The minimum absolute atomic E-state index is 0.336. The zero-order valence-electron chi connectivity index (χ0n) is 19.8. The second-order valence-electron chi connectivity index (χ2n) is 8.62. The van der Waals surface area contributed by atoms with Gasteiger partial charge in [0.05, 0.1) is 18.9 Å². The topological polar surface area (TPSA) is 24.9 Å². The number of allylic oxidation sites excluding steroid dienone is 2. The zero-order chi connectivity index (χ0) is 21.8. The van der Waals surface area contributed by atoms with E-state index in [0.717, 1.165) is 44.2 Å². The van der Waals surface area contributed by atoms with Gasteiger partial charge < -0.3 is 19.3 Å². The molecular weight excluding hydrogens is 372 g/mol. The van der Waals surface area contributed by atoms with E-state index in [2.05, 4.69) is 50.7 Å². The van der Waals surface area contributed by atoms with E-state index in [9.17, 15) is 0 Å². The molecule has 1 aliphatic carbocycles. The maximum Gasteiger partial charge on any atom is 0.130 e. The zero-order valence-corrected chi connectivity index (χ0v) is 19.8. The van der Waals surface area contributed by atoms with Crippen molar-refractivity contribution in [2.24, 2.45) is 5.92 Å². The molecule has 0 saturated carbocycles. The van der Waals surface area contributed by atoms with Gasteiger partial charge in [-0.1, -0.05) is 51.8 Å². The molecule has 168 valence electrons. The molecule has 0 bridgehead atoms. The largest absolute Gasteiger partial charge is 0.459 e. The van der Waals surface area contributed by atoms with E-state index in [1.807, 2.05) is 30.3 Å². The predicted octanol–water partition coefficient (Wildman–Crippen LogP) is 5.72. The first-order valence-electron chi connectivity index (χ1n) is 11.7. The summed E-state index contributed by atoms with van der Waals surface area (Å²) in [5.74, 6) is 2.36. The highest BCUT2D eigenvalue weighted by Gasteiger charge is 2.26. The van der Waals surface area contributed by atoms with Gasteiger partial charge in [-0.25, -0.2) is 0 Å². The second kappa shape index (κ2) is 13.5. The number of nitrogens with zero attached hydrogens (tertiary/aromatic N) is 2. The summed E-state index contributed by atoms with van der Waals surface area (Å²) in [5.41, 5.74) is 2.63. The first kappa shape index (κ1) is 24.5. The molecule has 0 aliphatic heterocycles. The summed E-state index contributed by atoms with van der Waals surface area (Å²) in [5, 5.41) is 0. The van der Waals surface area contributed by atoms with Gasteiger partial charge in [0.25, 0.3) is 0 Å². The normalized spacial score (nSPS) is 16.7. The summed E-state index contributed by atoms with van der Waals surface area (Å²) in [6.07, 6.45) is 8.13. The van der Waals surface area contributed by atoms with Crippen LogP contribution in [0.3, 0.4) is 0 Å². The van der Waals surface area contributed by atoms with Crippen LogP contribution in [0.15, 0.2) is 53.4 Å². The number of hydrogen-bond donors (Lipinski definition) is 0. The fraction of sp³-hybridized carbons (Fsp3) is 0.615. The summed E-state index contributed by atoms with van der Waals surface area (Å²) < 4.78 is 12.5. The highest BCUT2D eigenvalue weighted by atomic mass is 16.5. The molecule has 2 rings (SSSR count). The Bertz CT molecular complexity index is 659. The Morgan fingerprint density at radius 3 is 2.23 bits per heavy atom. The van der Waals surface area contributed by atoms with Crippen LogP contribution in [0.4, 0.5) is 0 Å². The van der Waals surface area contributed by atoms with Crippen molar-refractivity contribution in [1.29, 1.82) is 0 Å². The van der Waals surface area contributed by atoms with E-state index in [4.69, 9.17) is 9.47 Å². The van der Waals surface area contributed by atoms with Crippen molar-refractivity contribution in [1.82, 2.24) is 9.80 Å². The Kier molecular flexibility index (Phi) is 11.0. The van der Waals surface area contributed by atoms with Gasteiger partial charge in [-0.2, -0.15) is 0 Å². The van der Waals surface area contributed by atoms with Crippen LogP contribution < -0.4 is 4.74 Å². The van der Waals surface area contributed by atoms with Crippen LogP contribution in [0.1, 0.15) is 52.9 Å². The molecule has 0 heterocycles. The molecule has 30 heavy (non-hydrogen) atoms. The smallest absolute Gasteiger partial charge is 0.130 e. The fourth-order valence-corrected chi connectivity index (χ4v) is 3.68. The number of unbranched alkanes of at least 4 members (excludes halogenated alkanes) is 2. The van der Waals surface area contributed by atoms with Crippen LogP contribution in [-0.4, -0.2) is 56.7 Å². The maximum absolute atomic E-state index is 6.47. The van der Waals surface area contributed by atoms with Crippen molar-refractivity contribution in [2.75, 3.05) is 46.9 Å². The molecule has 4 nitrogen and oxygen atoms in total. The van der Waals surface area contributed by atoms with Gasteiger partial charge >= 0.3 is 0 Å². The van der Waals surface area contributed by atoms with Crippen LogP contribution in [-0.2, 0) is 4.74 Å². The monoisotopic (exact) mass is 414 g/mol. The average molecular weight is 415 g/mol. The van der Waals surface area contributed by atoms with Gasteiger partial charge in [0.15, 0.2) is 0 Å². The van der Waals surface area contributed by atoms with Gasteiger partial charge in [-0.05, 0) is 57.1 Å². The third-order valence-corrected chi connectivity index (χ3v) is 5.45. The summed E-state index contributed by atoms with van der Waals surface area (Å²) in [4.78, 5) is 4.70. The molecule has 1 aromatic rings. The van der Waals surface area contributed by atoms with E-state index >= 15 is 0 Å². The lowest BCUT2D eigenvalue weighted by molar-refractivity contribution is 0.132. The first-order valence-corrected chi connectivity index (χ1v) is 11.7. The maximum atomic E-state index is 6.47. The SMILES string of the molecule is CCCCN(CCCC)C1=C(Oc2ccccc2)C(C)CC(COCCN(C)C)=C1. The Labute approximate surface area is 184 Å². The van der Waals surface area contributed by atoms with Gasteiger partial charge in [-0.15, -0.1) is 0 Å². The van der Waals surface area contributed by atoms with Crippen molar-refractivity contribution in [3.63, 3.8) is 0 Å². The highest BCUT2D eigenvalue weighted by Crippen LogP contribution is 2.33. The van der Waals surface area contributed by atoms with Crippen LogP contribution in [0, 0.1) is 5.92 Å². The highest BCUT2D eigenvalue weighted by molar-refractivity contribution is 5.35. The van der Waals surface area contributed by atoms with E-state index in [1.165, 1.54) is 37.0 Å². The van der Waals surface area contributed by atoms with E-state index in [-0.39, 0.29) is 0 Å². The Hall–Kier alpha value is -1.78. The number of para-hydroxylation sites is 1. The van der Waals surface area contributed by atoms with Crippen molar-refractivity contribution in [3.8, 4) is 5.75 Å². The third-order valence-electron chi connectivity index (χ3n) is 5.45. The summed E-state index contributed by atoms with van der Waals surface area (Å²) in [6, 6.07) is 10.2. The Morgan fingerprint density at radius 2 is 1.63 bits per heavy atom. The Morgan fingerprint density at radius 1 is 0.967 bits per heavy atom. The average Bonchev–Trinajstić information content (AvgIpc) is 2.74. The van der Waals surface area contributed by atoms with Crippen LogP contribution >= 0.6 is 0 Å². The quantitative estimate of drug-likeness (QED) is 0.363. The standard InChI is InChI=1S/C26H42N2O2/c1-6-8-15-28(16-9-7-2)25-20-23(21-29-18-17-27(4)5)19-22(3)26(25)30-24-13-11-10-12-14-24/h10-14,20,22H,6-9,15-19,21H2,1-5H3. The van der Waals surface area contributed by atoms with E-state index < -0.39 is 0 Å². The minimum Gasteiger partial charge on any atom is -0.459 e. The van der Waals surface area contributed by atoms with Crippen LogP contribution in [0.25, 0.3) is 0 Å². The van der Waals surface area contributed by atoms with Crippen molar-refractivity contribution >= 4 is 0 Å². The molecule has 0 fully saturated rings. The summed E-state index contributed by atoms with van der Waals surface area (Å²) >= 11 is 0. The Balaban J connectivity index is 2.27. The lowest BCUT2D eigenvalue weighted by Gasteiger charge is -2.33. The van der Waals surface area contributed by atoms with E-state index in [1.54, 1.807) is 0 Å². The molecule has 1 aromatic carbocycles. The number of hydrogen-bond acceptors (Lipinski definition) is 4. The molecule has 0 aromatic heterocycles. The third kappa shape index (κ3) is 8.16. The predicted molar refractivity (Wildman–Crippen MR) is 127 cm³/mol. The number of rotatable bonds is 14. The fourth-order valence-electron chi connectivity index (χ4n) is 3.68. The first-order chi connectivity index (χ1) is 14.5. The molecule has 1 atom stereocenters. The minimum atomic E-state index is 0.336. The molecule has 4 heteroatoms. The number of ether oxygens (including phenoxy) is 2. The molecule has 0 spiro atoms. The van der Waals surface area contributed by atoms with E-state index in [0.29, 0.717) is 12.5 Å². The van der Waals surface area contributed by atoms with Gasteiger partial charge in [0.1, 0.15) is 11.5 Å².